The highest BCUT2D eigenvalue weighted by atomic mass is 32.2. The predicted molar refractivity (Wildman–Crippen MR) is 86.1 cm³/mol. The number of anilines is 1. The first-order valence-corrected chi connectivity index (χ1v) is 9.01. The standard InChI is InChI=1S/C14H19N3O2S2/c1-10(2)15-8-12-6-4-5-7-13(12)21(18,19)17-14-16-11(3)9-20-14/h4-7,9-10,15H,8H2,1-3H3,(H,16,17). The van der Waals surface area contributed by atoms with Gasteiger partial charge in [0.05, 0.1) is 10.6 Å². The van der Waals surface area contributed by atoms with Gasteiger partial charge in [0, 0.05) is 18.0 Å². The summed E-state index contributed by atoms with van der Waals surface area (Å²) in [4.78, 5) is 4.42. The van der Waals surface area contributed by atoms with E-state index >= 15 is 0 Å². The van der Waals surface area contributed by atoms with Crippen molar-refractivity contribution >= 4 is 26.5 Å². The van der Waals surface area contributed by atoms with Crippen molar-refractivity contribution in [1.82, 2.24) is 10.3 Å². The fourth-order valence-electron chi connectivity index (χ4n) is 1.80. The van der Waals surface area contributed by atoms with Gasteiger partial charge in [0.25, 0.3) is 10.0 Å². The summed E-state index contributed by atoms with van der Waals surface area (Å²) < 4.78 is 27.5. The van der Waals surface area contributed by atoms with Gasteiger partial charge in [0.2, 0.25) is 0 Å². The van der Waals surface area contributed by atoms with E-state index in [-0.39, 0.29) is 10.9 Å². The first-order chi connectivity index (χ1) is 9.88. The third-order valence-corrected chi connectivity index (χ3v) is 5.25. The van der Waals surface area contributed by atoms with Gasteiger partial charge in [0.15, 0.2) is 5.13 Å². The number of aryl methyl sites for hydroxylation is 1. The molecule has 21 heavy (non-hydrogen) atoms. The molecule has 0 bridgehead atoms. The van der Waals surface area contributed by atoms with Gasteiger partial charge in [0.1, 0.15) is 0 Å². The summed E-state index contributed by atoms with van der Waals surface area (Å²) in [7, 11) is -3.62. The van der Waals surface area contributed by atoms with E-state index in [1.54, 1.807) is 12.1 Å². The number of hydrogen-bond donors (Lipinski definition) is 2. The molecule has 0 aliphatic rings. The summed E-state index contributed by atoms with van der Waals surface area (Å²) in [5, 5.41) is 5.43. The normalized spacial score (nSPS) is 11.8. The van der Waals surface area contributed by atoms with Gasteiger partial charge in [-0.15, -0.1) is 11.3 Å². The molecule has 7 heteroatoms. The van der Waals surface area contributed by atoms with Crippen LogP contribution in [0, 0.1) is 6.92 Å². The van der Waals surface area contributed by atoms with Crippen LogP contribution in [0.1, 0.15) is 25.1 Å². The van der Waals surface area contributed by atoms with Crippen LogP contribution in [0.5, 0.6) is 0 Å². The molecule has 5 nitrogen and oxygen atoms in total. The molecule has 2 rings (SSSR count). The molecule has 0 aliphatic heterocycles. The van der Waals surface area contributed by atoms with Crippen molar-refractivity contribution in [2.45, 2.75) is 38.3 Å². The van der Waals surface area contributed by atoms with Gasteiger partial charge in [-0.25, -0.2) is 13.4 Å². The molecule has 0 saturated carbocycles. The summed E-state index contributed by atoms with van der Waals surface area (Å²) in [6, 6.07) is 7.28. The largest absolute Gasteiger partial charge is 0.310 e. The summed E-state index contributed by atoms with van der Waals surface area (Å²) >= 11 is 1.28. The fourth-order valence-corrected chi connectivity index (χ4v) is 3.98. The first-order valence-electron chi connectivity index (χ1n) is 6.65. The lowest BCUT2D eigenvalue weighted by molar-refractivity contribution is 0.576. The van der Waals surface area contributed by atoms with Gasteiger partial charge in [-0.05, 0) is 18.6 Å². The topological polar surface area (TPSA) is 71.1 Å². The molecule has 1 aromatic carbocycles. The molecule has 1 heterocycles. The molecule has 0 spiro atoms. The van der Waals surface area contributed by atoms with Crippen molar-refractivity contribution in [3.05, 3.63) is 40.9 Å². The second-order valence-corrected chi connectivity index (χ2v) is 7.55. The van der Waals surface area contributed by atoms with E-state index in [4.69, 9.17) is 0 Å². The molecule has 2 aromatic rings. The van der Waals surface area contributed by atoms with Crippen LogP contribution in [0.15, 0.2) is 34.5 Å². The zero-order chi connectivity index (χ0) is 15.5. The Kier molecular flexibility index (Phi) is 4.97. The zero-order valence-electron chi connectivity index (χ0n) is 12.3. The van der Waals surface area contributed by atoms with Gasteiger partial charge < -0.3 is 5.32 Å². The summed E-state index contributed by atoms with van der Waals surface area (Å²) in [5.41, 5.74) is 1.54. The number of nitrogens with one attached hydrogen (secondary N) is 2. The van der Waals surface area contributed by atoms with Gasteiger partial charge >= 0.3 is 0 Å². The van der Waals surface area contributed by atoms with Gasteiger partial charge in [-0.3, -0.25) is 4.72 Å². The molecule has 114 valence electrons. The van der Waals surface area contributed by atoms with E-state index in [0.717, 1.165) is 11.3 Å². The maximum atomic E-state index is 12.5. The molecule has 2 N–H and O–H groups in total. The van der Waals surface area contributed by atoms with Crippen molar-refractivity contribution in [2.75, 3.05) is 4.72 Å². The van der Waals surface area contributed by atoms with Crippen molar-refractivity contribution in [3.8, 4) is 0 Å². The van der Waals surface area contributed by atoms with Gasteiger partial charge in [-0.1, -0.05) is 32.0 Å². The lowest BCUT2D eigenvalue weighted by Gasteiger charge is -2.13. The zero-order valence-corrected chi connectivity index (χ0v) is 13.9. The minimum atomic E-state index is -3.62. The molecule has 0 unspecified atom stereocenters. The maximum Gasteiger partial charge on any atom is 0.263 e. The second-order valence-electron chi connectivity index (χ2n) is 5.04. The minimum absolute atomic E-state index is 0.283. The molecule has 0 fully saturated rings. The van der Waals surface area contributed by atoms with Crippen molar-refractivity contribution in [1.29, 1.82) is 0 Å². The highest BCUT2D eigenvalue weighted by Crippen LogP contribution is 2.22. The molecular weight excluding hydrogens is 306 g/mol. The Morgan fingerprint density at radius 1 is 1.29 bits per heavy atom. The van der Waals surface area contributed by atoms with E-state index in [0.29, 0.717) is 11.7 Å². The number of nitrogens with zero attached hydrogens (tertiary/aromatic N) is 1. The maximum absolute atomic E-state index is 12.5. The van der Waals surface area contributed by atoms with Crippen molar-refractivity contribution in [3.63, 3.8) is 0 Å². The Morgan fingerprint density at radius 3 is 2.62 bits per heavy atom. The van der Waals surface area contributed by atoms with Crippen LogP contribution in [-0.4, -0.2) is 19.4 Å². The number of aromatic nitrogens is 1. The Bertz CT molecular complexity index is 709. The lowest BCUT2D eigenvalue weighted by Crippen LogP contribution is -2.24. The SMILES string of the molecule is Cc1csc(NS(=O)(=O)c2ccccc2CNC(C)C)n1. The molecule has 0 radical (unpaired) electrons. The Morgan fingerprint density at radius 2 is 2.00 bits per heavy atom. The van der Waals surface area contributed by atoms with Crippen LogP contribution in [0.2, 0.25) is 0 Å². The van der Waals surface area contributed by atoms with E-state index < -0.39 is 10.0 Å². The van der Waals surface area contributed by atoms with Crippen LogP contribution < -0.4 is 10.0 Å². The summed E-state index contributed by atoms with van der Waals surface area (Å²) in [5.74, 6) is 0. The number of hydrogen-bond acceptors (Lipinski definition) is 5. The number of sulfonamides is 1. The van der Waals surface area contributed by atoms with Crippen LogP contribution in [0.4, 0.5) is 5.13 Å². The van der Waals surface area contributed by atoms with E-state index in [1.807, 2.05) is 38.3 Å². The molecular formula is C14H19N3O2S2. The smallest absolute Gasteiger partial charge is 0.263 e. The summed E-state index contributed by atoms with van der Waals surface area (Å²) in [6.45, 7) is 6.38. The second kappa shape index (κ2) is 6.55. The van der Waals surface area contributed by atoms with Crippen LogP contribution in [-0.2, 0) is 16.6 Å². The molecule has 0 aliphatic carbocycles. The summed E-state index contributed by atoms with van der Waals surface area (Å²) in [6.07, 6.45) is 0. The molecule has 0 amide bonds. The van der Waals surface area contributed by atoms with Crippen molar-refractivity contribution in [2.24, 2.45) is 0 Å². The van der Waals surface area contributed by atoms with Crippen molar-refractivity contribution < 1.29 is 8.42 Å². The Labute approximate surface area is 129 Å². The average Bonchev–Trinajstić information content (AvgIpc) is 2.81. The minimum Gasteiger partial charge on any atom is -0.310 e. The third kappa shape index (κ3) is 4.26. The molecule has 0 atom stereocenters. The molecule has 1 aromatic heterocycles. The highest BCUT2D eigenvalue weighted by Gasteiger charge is 2.19. The average molecular weight is 325 g/mol. The third-order valence-electron chi connectivity index (χ3n) is 2.80. The van der Waals surface area contributed by atoms with E-state index in [9.17, 15) is 8.42 Å². The van der Waals surface area contributed by atoms with E-state index in [2.05, 4.69) is 15.0 Å². The van der Waals surface area contributed by atoms with Gasteiger partial charge in [-0.2, -0.15) is 0 Å². The predicted octanol–water partition coefficient (Wildman–Crippen LogP) is 2.75. The number of thiazole rings is 1. The first kappa shape index (κ1) is 15.9. The monoisotopic (exact) mass is 325 g/mol. The number of rotatable bonds is 6. The van der Waals surface area contributed by atoms with E-state index in [1.165, 1.54) is 11.3 Å². The van der Waals surface area contributed by atoms with Crippen LogP contribution in [0.3, 0.4) is 0 Å². The van der Waals surface area contributed by atoms with Crippen LogP contribution >= 0.6 is 11.3 Å². The fraction of sp³-hybridized carbons (Fsp3) is 0.357. The quantitative estimate of drug-likeness (QED) is 0.857. The lowest BCUT2D eigenvalue weighted by atomic mass is 10.2. The number of benzene rings is 1. The molecule has 0 saturated heterocycles. The Hall–Kier alpha value is -1.44. The van der Waals surface area contributed by atoms with Crippen LogP contribution in [0.25, 0.3) is 0 Å². The Balaban J connectivity index is 2.27. The highest BCUT2D eigenvalue weighted by molar-refractivity contribution is 7.93.